The van der Waals surface area contributed by atoms with Gasteiger partial charge in [0.25, 0.3) is 0 Å². The monoisotopic (exact) mass is 344 g/mol. The maximum absolute atomic E-state index is 12.6. The number of benzene rings is 1. The molecule has 1 saturated carbocycles. The standard InChI is InChI=1S/C18H23F3O3/c1-12-7-15(10-17(2,3)9-12)24-16(22)11-23-14-6-4-5-13(8-14)18(19,20)21/h4-6,8,12,15H,7,9-11H2,1-3H3. The Morgan fingerprint density at radius 3 is 2.62 bits per heavy atom. The molecule has 0 aliphatic heterocycles. The van der Waals surface area contributed by atoms with Crippen LogP contribution in [0.2, 0.25) is 0 Å². The van der Waals surface area contributed by atoms with Crippen molar-refractivity contribution in [2.75, 3.05) is 6.61 Å². The van der Waals surface area contributed by atoms with Crippen LogP contribution in [0.25, 0.3) is 0 Å². The highest BCUT2D eigenvalue weighted by Gasteiger charge is 2.34. The first-order chi connectivity index (χ1) is 11.0. The number of hydrogen-bond donors (Lipinski definition) is 0. The van der Waals surface area contributed by atoms with Gasteiger partial charge in [-0.25, -0.2) is 4.79 Å². The number of rotatable bonds is 4. The van der Waals surface area contributed by atoms with Crippen molar-refractivity contribution in [3.8, 4) is 5.75 Å². The Morgan fingerprint density at radius 2 is 2.00 bits per heavy atom. The fourth-order valence-electron chi connectivity index (χ4n) is 3.47. The number of carbonyl (C=O) groups is 1. The molecule has 1 aliphatic rings. The van der Waals surface area contributed by atoms with Crippen molar-refractivity contribution >= 4 is 5.97 Å². The van der Waals surface area contributed by atoms with E-state index in [1.54, 1.807) is 0 Å². The first-order valence-electron chi connectivity index (χ1n) is 8.05. The summed E-state index contributed by atoms with van der Waals surface area (Å²) in [4.78, 5) is 11.9. The van der Waals surface area contributed by atoms with Gasteiger partial charge in [0.05, 0.1) is 5.56 Å². The molecule has 6 heteroatoms. The van der Waals surface area contributed by atoms with Crippen LogP contribution in [0.4, 0.5) is 13.2 Å². The normalized spacial score (nSPS) is 23.6. The second-order valence-electron chi connectivity index (χ2n) is 7.34. The Hall–Kier alpha value is -1.72. The third kappa shape index (κ3) is 5.42. The van der Waals surface area contributed by atoms with E-state index >= 15 is 0 Å². The Kier molecular flexibility index (Phi) is 5.45. The summed E-state index contributed by atoms with van der Waals surface area (Å²) in [5, 5.41) is 0. The largest absolute Gasteiger partial charge is 0.482 e. The van der Waals surface area contributed by atoms with E-state index in [1.165, 1.54) is 12.1 Å². The van der Waals surface area contributed by atoms with Gasteiger partial charge in [-0.2, -0.15) is 13.2 Å². The van der Waals surface area contributed by atoms with Gasteiger partial charge < -0.3 is 9.47 Å². The number of ether oxygens (including phenoxy) is 2. The number of hydrogen-bond acceptors (Lipinski definition) is 3. The van der Waals surface area contributed by atoms with Crippen LogP contribution < -0.4 is 4.74 Å². The first-order valence-corrected chi connectivity index (χ1v) is 8.05. The molecule has 0 heterocycles. The molecule has 0 aromatic heterocycles. The van der Waals surface area contributed by atoms with E-state index in [9.17, 15) is 18.0 Å². The lowest BCUT2D eigenvalue weighted by Crippen LogP contribution is -2.35. The van der Waals surface area contributed by atoms with Crippen LogP contribution >= 0.6 is 0 Å². The van der Waals surface area contributed by atoms with Gasteiger partial charge in [0, 0.05) is 0 Å². The number of halogens is 3. The molecule has 2 atom stereocenters. The Bertz CT molecular complexity index is 581. The number of carbonyl (C=O) groups excluding carboxylic acids is 1. The fourth-order valence-corrected chi connectivity index (χ4v) is 3.47. The summed E-state index contributed by atoms with van der Waals surface area (Å²) >= 11 is 0. The second-order valence-corrected chi connectivity index (χ2v) is 7.34. The summed E-state index contributed by atoms with van der Waals surface area (Å²) in [5.41, 5.74) is -0.693. The zero-order chi connectivity index (χ0) is 18.0. The van der Waals surface area contributed by atoms with Gasteiger partial charge in [0.1, 0.15) is 11.9 Å². The summed E-state index contributed by atoms with van der Waals surface area (Å²) < 4.78 is 48.5. The smallest absolute Gasteiger partial charge is 0.416 e. The zero-order valence-corrected chi connectivity index (χ0v) is 14.2. The van der Waals surface area contributed by atoms with Gasteiger partial charge in [0.2, 0.25) is 0 Å². The summed E-state index contributed by atoms with van der Waals surface area (Å²) in [5.74, 6) is -0.0858. The first kappa shape index (κ1) is 18.6. The summed E-state index contributed by atoms with van der Waals surface area (Å²) in [6, 6.07) is 4.46. The van der Waals surface area contributed by atoms with Crippen LogP contribution in [0, 0.1) is 11.3 Å². The SMILES string of the molecule is CC1CC(OC(=O)COc2cccc(C(F)(F)F)c2)CC(C)(C)C1. The minimum absolute atomic E-state index is 0.000818. The van der Waals surface area contributed by atoms with E-state index < -0.39 is 24.3 Å². The van der Waals surface area contributed by atoms with Gasteiger partial charge in [-0.3, -0.25) is 0 Å². The second kappa shape index (κ2) is 7.03. The molecule has 2 rings (SSSR count). The van der Waals surface area contributed by atoms with Crippen molar-refractivity contribution in [3.05, 3.63) is 29.8 Å². The third-order valence-corrected chi connectivity index (χ3v) is 4.16. The Labute approximate surface area is 140 Å². The average Bonchev–Trinajstić information content (AvgIpc) is 2.42. The van der Waals surface area contributed by atoms with Crippen molar-refractivity contribution in [1.29, 1.82) is 0 Å². The van der Waals surface area contributed by atoms with E-state index in [1.807, 2.05) is 0 Å². The van der Waals surface area contributed by atoms with Crippen LogP contribution in [-0.4, -0.2) is 18.7 Å². The van der Waals surface area contributed by atoms with E-state index in [0.717, 1.165) is 31.4 Å². The topological polar surface area (TPSA) is 35.5 Å². The molecule has 1 aromatic rings. The van der Waals surface area contributed by atoms with Crippen LogP contribution in [0.1, 0.15) is 45.6 Å². The molecule has 0 spiro atoms. The minimum atomic E-state index is -4.44. The van der Waals surface area contributed by atoms with Gasteiger partial charge in [-0.1, -0.05) is 26.8 Å². The molecule has 0 amide bonds. The van der Waals surface area contributed by atoms with Crippen LogP contribution in [0.5, 0.6) is 5.75 Å². The molecular weight excluding hydrogens is 321 g/mol. The van der Waals surface area contributed by atoms with E-state index in [-0.39, 0.29) is 17.3 Å². The molecule has 134 valence electrons. The lowest BCUT2D eigenvalue weighted by Gasteiger charge is -2.38. The van der Waals surface area contributed by atoms with Crippen LogP contribution in [-0.2, 0) is 15.7 Å². The minimum Gasteiger partial charge on any atom is -0.482 e. The summed E-state index contributed by atoms with van der Waals surface area (Å²) in [7, 11) is 0. The molecule has 1 fully saturated rings. The molecule has 1 aromatic carbocycles. The van der Waals surface area contributed by atoms with Gasteiger partial charge in [0.15, 0.2) is 6.61 Å². The molecular formula is C18H23F3O3. The highest BCUT2D eigenvalue weighted by Crippen LogP contribution is 2.39. The van der Waals surface area contributed by atoms with E-state index in [4.69, 9.17) is 9.47 Å². The average molecular weight is 344 g/mol. The quantitative estimate of drug-likeness (QED) is 0.733. The van der Waals surface area contributed by atoms with Crippen molar-refractivity contribution < 1.29 is 27.4 Å². The van der Waals surface area contributed by atoms with E-state index in [0.29, 0.717) is 5.92 Å². The Morgan fingerprint density at radius 1 is 1.29 bits per heavy atom. The van der Waals surface area contributed by atoms with Crippen molar-refractivity contribution in [2.24, 2.45) is 11.3 Å². The fraction of sp³-hybridized carbons (Fsp3) is 0.611. The number of esters is 1. The maximum Gasteiger partial charge on any atom is 0.416 e. The molecule has 24 heavy (non-hydrogen) atoms. The molecule has 0 radical (unpaired) electrons. The predicted molar refractivity (Wildman–Crippen MR) is 83.6 cm³/mol. The molecule has 2 unspecified atom stereocenters. The van der Waals surface area contributed by atoms with Crippen molar-refractivity contribution in [2.45, 2.75) is 52.3 Å². The van der Waals surface area contributed by atoms with Crippen LogP contribution in [0.15, 0.2) is 24.3 Å². The molecule has 3 nitrogen and oxygen atoms in total. The van der Waals surface area contributed by atoms with E-state index in [2.05, 4.69) is 20.8 Å². The van der Waals surface area contributed by atoms with Gasteiger partial charge in [-0.05, 0) is 48.8 Å². The Balaban J connectivity index is 1.87. The zero-order valence-electron chi connectivity index (χ0n) is 14.2. The highest BCUT2D eigenvalue weighted by molar-refractivity contribution is 5.71. The van der Waals surface area contributed by atoms with Gasteiger partial charge in [-0.15, -0.1) is 0 Å². The van der Waals surface area contributed by atoms with Crippen molar-refractivity contribution in [1.82, 2.24) is 0 Å². The highest BCUT2D eigenvalue weighted by atomic mass is 19.4. The lowest BCUT2D eigenvalue weighted by atomic mass is 9.71. The van der Waals surface area contributed by atoms with Gasteiger partial charge >= 0.3 is 12.1 Å². The summed E-state index contributed by atoms with van der Waals surface area (Å²) in [6.07, 6.45) is -1.93. The predicted octanol–water partition coefficient (Wildman–Crippen LogP) is 4.84. The van der Waals surface area contributed by atoms with Crippen LogP contribution in [0.3, 0.4) is 0 Å². The third-order valence-electron chi connectivity index (χ3n) is 4.16. The van der Waals surface area contributed by atoms with Crippen molar-refractivity contribution in [3.63, 3.8) is 0 Å². The molecule has 0 bridgehead atoms. The lowest BCUT2D eigenvalue weighted by molar-refractivity contribution is -0.155. The maximum atomic E-state index is 12.6. The molecule has 1 aliphatic carbocycles. The molecule has 0 N–H and O–H groups in total. The number of alkyl halides is 3. The summed E-state index contributed by atoms with van der Waals surface area (Å²) in [6.45, 7) is 6.01. The molecule has 0 saturated heterocycles.